The Morgan fingerprint density at radius 2 is 2.12 bits per heavy atom. The quantitative estimate of drug-likeness (QED) is 0.763. The third kappa shape index (κ3) is 2.33. The Morgan fingerprint density at radius 3 is 2.62 bits per heavy atom. The minimum atomic E-state index is -0.0290. The van der Waals surface area contributed by atoms with Crippen molar-refractivity contribution < 1.29 is 4.74 Å². The van der Waals surface area contributed by atoms with Gasteiger partial charge in [-0.05, 0) is 24.3 Å². The number of hydrogen-bond acceptors (Lipinski definition) is 3. The highest BCUT2D eigenvalue weighted by atomic mass is 16.5. The van der Waals surface area contributed by atoms with E-state index >= 15 is 0 Å². The highest BCUT2D eigenvalue weighted by Gasteiger charge is 2.27. The highest BCUT2D eigenvalue weighted by Crippen LogP contribution is 2.35. The van der Waals surface area contributed by atoms with Gasteiger partial charge in [0, 0.05) is 5.56 Å². The van der Waals surface area contributed by atoms with Crippen LogP contribution in [0, 0.1) is 11.3 Å². The molecule has 0 unspecified atom stereocenters. The molecule has 0 amide bonds. The summed E-state index contributed by atoms with van der Waals surface area (Å²) < 4.78 is 5.81. The number of pyridine rings is 1. The van der Waals surface area contributed by atoms with Crippen molar-refractivity contribution in [3.63, 3.8) is 0 Å². The summed E-state index contributed by atoms with van der Waals surface area (Å²) in [5.74, 6) is 0.828. The lowest BCUT2D eigenvalue weighted by Gasteiger charge is -2.22. The molecule has 1 aliphatic carbocycles. The van der Waals surface area contributed by atoms with Crippen molar-refractivity contribution in [1.82, 2.24) is 4.98 Å². The third-order valence-corrected chi connectivity index (χ3v) is 2.61. The number of hydrogen-bond donors (Lipinski definition) is 0. The molecule has 0 atom stereocenters. The molecule has 0 saturated heterocycles. The van der Waals surface area contributed by atoms with Gasteiger partial charge in [0.1, 0.15) is 17.5 Å². The van der Waals surface area contributed by atoms with Gasteiger partial charge < -0.3 is 4.74 Å². The highest BCUT2D eigenvalue weighted by molar-refractivity contribution is 5.41. The number of rotatable bonds is 2. The summed E-state index contributed by atoms with van der Waals surface area (Å²) in [7, 11) is 0. The fraction of sp³-hybridized carbons (Fsp3) is 0.538. The second-order valence-corrected chi connectivity index (χ2v) is 5.24. The van der Waals surface area contributed by atoms with Crippen molar-refractivity contribution in [2.24, 2.45) is 0 Å². The molecular formula is C13H16N2O. The summed E-state index contributed by atoms with van der Waals surface area (Å²) in [6, 6.07) is 3.90. The van der Waals surface area contributed by atoms with Gasteiger partial charge in [-0.2, -0.15) is 5.26 Å². The van der Waals surface area contributed by atoms with Gasteiger partial charge in [-0.25, -0.2) is 4.98 Å². The van der Waals surface area contributed by atoms with Crippen LogP contribution in [0.3, 0.4) is 0 Å². The smallest absolute Gasteiger partial charge is 0.141 e. The first-order valence-electron chi connectivity index (χ1n) is 5.58. The molecular weight excluding hydrogens is 200 g/mol. The second-order valence-electron chi connectivity index (χ2n) is 5.24. The normalized spacial score (nSPS) is 15.6. The van der Waals surface area contributed by atoms with Crippen molar-refractivity contribution in [3.05, 3.63) is 23.5 Å². The van der Waals surface area contributed by atoms with E-state index < -0.39 is 0 Å². The Labute approximate surface area is 96.1 Å². The number of aromatic nitrogens is 1. The van der Waals surface area contributed by atoms with Crippen molar-refractivity contribution in [2.75, 3.05) is 0 Å². The van der Waals surface area contributed by atoms with Crippen molar-refractivity contribution >= 4 is 0 Å². The predicted molar refractivity (Wildman–Crippen MR) is 61.3 cm³/mol. The minimum Gasteiger partial charge on any atom is -0.489 e. The first kappa shape index (κ1) is 10.9. The van der Waals surface area contributed by atoms with E-state index in [-0.39, 0.29) is 5.41 Å². The average molecular weight is 216 g/mol. The minimum absolute atomic E-state index is 0.0290. The van der Waals surface area contributed by atoms with Crippen LogP contribution in [0.15, 0.2) is 12.3 Å². The Morgan fingerprint density at radius 1 is 1.44 bits per heavy atom. The lowest BCUT2D eigenvalue weighted by atomic mass is 9.86. The summed E-state index contributed by atoms with van der Waals surface area (Å²) in [6.45, 7) is 6.34. The van der Waals surface area contributed by atoms with E-state index in [4.69, 9.17) is 10.00 Å². The molecule has 0 aromatic carbocycles. The van der Waals surface area contributed by atoms with Gasteiger partial charge in [0.2, 0.25) is 0 Å². The van der Waals surface area contributed by atoms with Crippen LogP contribution in [-0.2, 0) is 5.41 Å². The summed E-state index contributed by atoms with van der Waals surface area (Å²) in [4.78, 5) is 4.07. The molecule has 1 aliphatic rings. The molecule has 3 heteroatoms. The number of ether oxygens (including phenoxy) is 1. The Kier molecular flexibility index (Phi) is 2.59. The molecule has 0 N–H and O–H groups in total. The van der Waals surface area contributed by atoms with E-state index in [1.165, 1.54) is 0 Å². The van der Waals surface area contributed by atoms with Crippen molar-refractivity contribution in [1.29, 1.82) is 5.26 Å². The van der Waals surface area contributed by atoms with Crippen molar-refractivity contribution in [2.45, 2.75) is 45.1 Å². The second kappa shape index (κ2) is 3.79. The maximum atomic E-state index is 8.86. The largest absolute Gasteiger partial charge is 0.489 e. The summed E-state index contributed by atoms with van der Waals surface area (Å²) in [6.07, 6.45) is 4.29. The zero-order valence-electron chi connectivity index (χ0n) is 9.95. The molecule has 0 radical (unpaired) electrons. The zero-order chi connectivity index (χ0) is 11.8. The molecule has 3 nitrogen and oxygen atoms in total. The topological polar surface area (TPSA) is 45.9 Å². The summed E-state index contributed by atoms with van der Waals surface area (Å²) in [5.41, 5.74) is 1.48. The van der Waals surface area contributed by atoms with Crippen LogP contribution in [0.4, 0.5) is 0 Å². The van der Waals surface area contributed by atoms with Crippen LogP contribution >= 0.6 is 0 Å². The lowest BCUT2D eigenvalue weighted by Crippen LogP contribution is -2.15. The van der Waals surface area contributed by atoms with Gasteiger partial charge in [0.15, 0.2) is 0 Å². The van der Waals surface area contributed by atoms with E-state index in [1.54, 1.807) is 6.20 Å². The van der Waals surface area contributed by atoms with Gasteiger partial charge in [-0.15, -0.1) is 0 Å². The molecule has 1 heterocycles. The Balaban J connectivity index is 2.38. The molecule has 0 aliphatic heterocycles. The van der Waals surface area contributed by atoms with E-state index in [0.717, 1.165) is 24.2 Å². The van der Waals surface area contributed by atoms with Gasteiger partial charge >= 0.3 is 0 Å². The van der Waals surface area contributed by atoms with Crippen molar-refractivity contribution in [3.8, 4) is 11.8 Å². The summed E-state index contributed by atoms with van der Waals surface area (Å²) in [5, 5.41) is 8.86. The fourth-order valence-electron chi connectivity index (χ4n) is 1.55. The molecule has 1 aromatic heterocycles. The van der Waals surface area contributed by atoms with Gasteiger partial charge in [0.25, 0.3) is 0 Å². The summed E-state index contributed by atoms with van der Waals surface area (Å²) >= 11 is 0. The lowest BCUT2D eigenvalue weighted by molar-refractivity contribution is 0.293. The zero-order valence-corrected chi connectivity index (χ0v) is 9.95. The SMILES string of the molecule is CC(C)(C)c1cc(C#N)ncc1OC1CC1. The standard InChI is InChI=1S/C13H16N2O/c1-13(2,3)11-6-9(7-14)15-8-12(11)16-10-4-5-10/h6,8,10H,4-5H2,1-3H3. The Bertz CT molecular complexity index is 436. The molecule has 1 aromatic rings. The molecule has 0 spiro atoms. The maximum absolute atomic E-state index is 8.86. The van der Waals surface area contributed by atoms with E-state index in [9.17, 15) is 0 Å². The maximum Gasteiger partial charge on any atom is 0.141 e. The van der Waals surface area contributed by atoms with Crippen LogP contribution in [-0.4, -0.2) is 11.1 Å². The van der Waals surface area contributed by atoms with Crippen LogP contribution in [0.2, 0.25) is 0 Å². The van der Waals surface area contributed by atoms with Crippen LogP contribution in [0.5, 0.6) is 5.75 Å². The molecule has 16 heavy (non-hydrogen) atoms. The average Bonchev–Trinajstić information content (AvgIpc) is 3.01. The monoisotopic (exact) mass is 216 g/mol. The van der Waals surface area contributed by atoms with Crippen LogP contribution < -0.4 is 4.74 Å². The third-order valence-electron chi connectivity index (χ3n) is 2.61. The molecule has 1 fully saturated rings. The van der Waals surface area contributed by atoms with Crippen LogP contribution in [0.25, 0.3) is 0 Å². The fourth-order valence-corrected chi connectivity index (χ4v) is 1.55. The first-order valence-corrected chi connectivity index (χ1v) is 5.58. The van der Waals surface area contributed by atoms with E-state index in [0.29, 0.717) is 11.8 Å². The Hall–Kier alpha value is -1.56. The van der Waals surface area contributed by atoms with Crippen LogP contribution in [0.1, 0.15) is 44.9 Å². The van der Waals surface area contributed by atoms with Gasteiger partial charge in [0.05, 0.1) is 12.3 Å². The molecule has 84 valence electrons. The van der Waals surface area contributed by atoms with Gasteiger partial charge in [-0.3, -0.25) is 0 Å². The number of nitriles is 1. The van der Waals surface area contributed by atoms with Gasteiger partial charge in [-0.1, -0.05) is 20.8 Å². The van der Waals surface area contributed by atoms with E-state index in [1.807, 2.05) is 6.07 Å². The van der Waals surface area contributed by atoms with E-state index in [2.05, 4.69) is 31.8 Å². The number of nitrogens with zero attached hydrogens (tertiary/aromatic N) is 2. The first-order chi connectivity index (χ1) is 7.50. The molecule has 2 rings (SSSR count). The molecule has 0 bridgehead atoms. The predicted octanol–water partition coefficient (Wildman–Crippen LogP) is 2.79. The molecule has 1 saturated carbocycles.